The number of halogens is 2. The fraction of sp³-hybridized carbons (Fsp3) is 0.316. The number of amides is 1. The quantitative estimate of drug-likeness (QED) is 0.783. The van der Waals surface area contributed by atoms with Gasteiger partial charge >= 0.3 is 0 Å². The van der Waals surface area contributed by atoms with Crippen LogP contribution in [-0.2, 0) is 10.0 Å². The minimum absolute atomic E-state index is 0.0386. The highest BCUT2D eigenvalue weighted by molar-refractivity contribution is 7.89. The summed E-state index contributed by atoms with van der Waals surface area (Å²) in [6.45, 7) is 3.86. The zero-order valence-corrected chi connectivity index (χ0v) is 17.1. The molecule has 0 bridgehead atoms. The standard InChI is InChI=1S/C19H22ClFN2O3S/c1-12(2)18(13-5-8-15(21)9-6-13)22-19(24)14-7-10-16(20)17(11-14)27(25,26)23(3)4/h5-12,18H,1-4H3,(H,22,24). The Hall–Kier alpha value is -1.96. The predicted molar refractivity (Wildman–Crippen MR) is 104 cm³/mol. The van der Waals surface area contributed by atoms with Crippen LogP contribution in [0.3, 0.4) is 0 Å². The van der Waals surface area contributed by atoms with Crippen molar-refractivity contribution in [2.45, 2.75) is 24.8 Å². The Bertz CT molecular complexity index is 928. The van der Waals surface area contributed by atoms with Crippen LogP contribution in [0.4, 0.5) is 4.39 Å². The van der Waals surface area contributed by atoms with Crippen molar-refractivity contribution < 1.29 is 17.6 Å². The molecule has 27 heavy (non-hydrogen) atoms. The Labute approximate surface area is 164 Å². The Morgan fingerprint density at radius 2 is 1.70 bits per heavy atom. The minimum Gasteiger partial charge on any atom is -0.345 e. The zero-order valence-electron chi connectivity index (χ0n) is 15.5. The van der Waals surface area contributed by atoms with E-state index in [-0.39, 0.29) is 33.3 Å². The van der Waals surface area contributed by atoms with Crippen LogP contribution in [0.15, 0.2) is 47.4 Å². The maximum Gasteiger partial charge on any atom is 0.251 e. The molecule has 1 amide bonds. The third-order valence-electron chi connectivity index (χ3n) is 4.13. The van der Waals surface area contributed by atoms with E-state index in [0.717, 1.165) is 9.87 Å². The third kappa shape index (κ3) is 4.86. The van der Waals surface area contributed by atoms with Crippen LogP contribution in [0, 0.1) is 11.7 Å². The molecule has 0 aliphatic carbocycles. The molecule has 0 aliphatic heterocycles. The van der Waals surface area contributed by atoms with Crippen LogP contribution in [0.25, 0.3) is 0 Å². The average molecular weight is 413 g/mol. The number of carbonyl (C=O) groups is 1. The van der Waals surface area contributed by atoms with Crippen molar-refractivity contribution in [2.75, 3.05) is 14.1 Å². The van der Waals surface area contributed by atoms with Gasteiger partial charge in [0.1, 0.15) is 10.7 Å². The van der Waals surface area contributed by atoms with E-state index in [1.54, 1.807) is 12.1 Å². The fourth-order valence-corrected chi connectivity index (χ4v) is 3.96. The molecular formula is C19H22ClFN2O3S. The van der Waals surface area contributed by atoms with Gasteiger partial charge in [-0.15, -0.1) is 0 Å². The number of benzene rings is 2. The molecule has 0 aliphatic rings. The van der Waals surface area contributed by atoms with Gasteiger partial charge in [0.25, 0.3) is 5.91 Å². The summed E-state index contributed by atoms with van der Waals surface area (Å²) in [5, 5.41) is 2.92. The lowest BCUT2D eigenvalue weighted by Gasteiger charge is -2.23. The first-order valence-corrected chi connectivity index (χ1v) is 10.1. The van der Waals surface area contributed by atoms with Crippen molar-refractivity contribution >= 4 is 27.5 Å². The van der Waals surface area contributed by atoms with Crippen LogP contribution < -0.4 is 5.32 Å². The van der Waals surface area contributed by atoms with Gasteiger partial charge in [-0.3, -0.25) is 4.79 Å². The highest BCUT2D eigenvalue weighted by Crippen LogP contribution is 2.26. The van der Waals surface area contributed by atoms with E-state index in [9.17, 15) is 17.6 Å². The summed E-state index contributed by atoms with van der Waals surface area (Å²) in [5.41, 5.74) is 0.933. The number of sulfonamides is 1. The summed E-state index contributed by atoms with van der Waals surface area (Å²) in [6, 6.07) is 9.65. The Kier molecular flexibility index (Phi) is 6.62. The van der Waals surface area contributed by atoms with Crippen molar-refractivity contribution in [3.05, 3.63) is 64.4 Å². The van der Waals surface area contributed by atoms with Gasteiger partial charge in [-0.2, -0.15) is 0 Å². The highest BCUT2D eigenvalue weighted by atomic mass is 35.5. The molecule has 2 aromatic rings. The minimum atomic E-state index is -3.79. The van der Waals surface area contributed by atoms with E-state index in [4.69, 9.17) is 11.6 Å². The normalized spacial score (nSPS) is 13.0. The molecule has 0 saturated heterocycles. The molecule has 5 nitrogen and oxygen atoms in total. The lowest BCUT2D eigenvalue weighted by Crippen LogP contribution is -2.32. The van der Waals surface area contributed by atoms with E-state index in [1.165, 1.54) is 44.4 Å². The molecule has 0 spiro atoms. The summed E-state index contributed by atoms with van der Waals surface area (Å²) < 4.78 is 39.0. The molecule has 0 saturated carbocycles. The molecule has 0 radical (unpaired) electrons. The number of nitrogens with zero attached hydrogens (tertiary/aromatic N) is 1. The molecule has 1 unspecified atom stereocenters. The van der Waals surface area contributed by atoms with E-state index in [0.29, 0.717) is 0 Å². The molecule has 0 aromatic heterocycles. The third-order valence-corrected chi connectivity index (χ3v) is 6.43. The van der Waals surface area contributed by atoms with E-state index in [1.807, 2.05) is 13.8 Å². The van der Waals surface area contributed by atoms with Gasteiger partial charge < -0.3 is 5.32 Å². The second-order valence-corrected chi connectivity index (χ2v) is 9.21. The first-order chi connectivity index (χ1) is 12.5. The van der Waals surface area contributed by atoms with Crippen LogP contribution in [0.2, 0.25) is 5.02 Å². The largest absolute Gasteiger partial charge is 0.345 e. The number of hydrogen-bond donors (Lipinski definition) is 1. The Morgan fingerprint density at radius 1 is 1.11 bits per heavy atom. The first-order valence-electron chi connectivity index (χ1n) is 8.32. The Morgan fingerprint density at radius 3 is 2.22 bits per heavy atom. The highest BCUT2D eigenvalue weighted by Gasteiger charge is 2.24. The first kappa shape index (κ1) is 21.3. The van der Waals surface area contributed by atoms with E-state index < -0.39 is 15.9 Å². The van der Waals surface area contributed by atoms with Crippen molar-refractivity contribution in [3.63, 3.8) is 0 Å². The van der Waals surface area contributed by atoms with Gasteiger partial charge in [-0.05, 0) is 41.8 Å². The molecule has 2 rings (SSSR count). The smallest absolute Gasteiger partial charge is 0.251 e. The summed E-state index contributed by atoms with van der Waals surface area (Å²) >= 11 is 6.02. The van der Waals surface area contributed by atoms with Crippen LogP contribution in [-0.4, -0.2) is 32.7 Å². The molecule has 1 atom stereocenters. The maximum atomic E-state index is 13.2. The van der Waals surface area contributed by atoms with Crippen LogP contribution in [0.1, 0.15) is 35.8 Å². The van der Waals surface area contributed by atoms with E-state index >= 15 is 0 Å². The lowest BCUT2D eigenvalue weighted by atomic mass is 9.95. The molecule has 146 valence electrons. The summed E-state index contributed by atoms with van der Waals surface area (Å²) in [4.78, 5) is 12.6. The van der Waals surface area contributed by atoms with Crippen molar-refractivity contribution in [1.82, 2.24) is 9.62 Å². The number of nitrogens with one attached hydrogen (secondary N) is 1. The molecule has 0 fully saturated rings. The predicted octanol–water partition coefficient (Wildman–Crippen LogP) is 3.86. The Balaban J connectivity index is 2.35. The second-order valence-electron chi connectivity index (χ2n) is 6.68. The monoisotopic (exact) mass is 412 g/mol. The van der Waals surface area contributed by atoms with Gasteiger partial charge in [-0.1, -0.05) is 37.6 Å². The molecule has 0 heterocycles. The molecule has 8 heteroatoms. The van der Waals surface area contributed by atoms with Crippen LogP contribution >= 0.6 is 11.6 Å². The van der Waals surface area contributed by atoms with Crippen molar-refractivity contribution in [1.29, 1.82) is 0 Å². The summed E-state index contributed by atoms with van der Waals surface area (Å²) in [5.74, 6) is -0.759. The molecule has 1 N–H and O–H groups in total. The molecular weight excluding hydrogens is 391 g/mol. The summed E-state index contributed by atoms with van der Waals surface area (Å²) in [7, 11) is -1.00. The van der Waals surface area contributed by atoms with E-state index in [2.05, 4.69) is 5.32 Å². The van der Waals surface area contributed by atoms with Gasteiger partial charge in [0.15, 0.2) is 0 Å². The zero-order chi connectivity index (χ0) is 20.4. The van der Waals surface area contributed by atoms with Gasteiger partial charge in [-0.25, -0.2) is 17.1 Å². The fourth-order valence-electron chi connectivity index (χ4n) is 2.57. The SMILES string of the molecule is CC(C)C(NC(=O)c1ccc(Cl)c(S(=O)(=O)N(C)C)c1)c1ccc(F)cc1. The van der Waals surface area contributed by atoms with Crippen LogP contribution in [0.5, 0.6) is 0 Å². The lowest BCUT2D eigenvalue weighted by molar-refractivity contribution is 0.0925. The summed E-state index contributed by atoms with van der Waals surface area (Å²) in [6.07, 6.45) is 0. The number of rotatable bonds is 6. The maximum absolute atomic E-state index is 13.2. The van der Waals surface area contributed by atoms with Crippen molar-refractivity contribution in [3.8, 4) is 0 Å². The number of carbonyl (C=O) groups excluding carboxylic acids is 1. The van der Waals surface area contributed by atoms with Gasteiger partial charge in [0, 0.05) is 19.7 Å². The van der Waals surface area contributed by atoms with Crippen molar-refractivity contribution in [2.24, 2.45) is 5.92 Å². The van der Waals surface area contributed by atoms with Gasteiger partial charge in [0.2, 0.25) is 10.0 Å². The molecule has 2 aromatic carbocycles. The average Bonchev–Trinajstić information content (AvgIpc) is 2.60. The topological polar surface area (TPSA) is 66.5 Å². The second kappa shape index (κ2) is 8.37. The number of hydrogen-bond acceptors (Lipinski definition) is 3. The van der Waals surface area contributed by atoms with Gasteiger partial charge in [0.05, 0.1) is 11.1 Å².